The molecule has 7 atom stereocenters. The fourth-order valence-corrected chi connectivity index (χ4v) is 6.49. The zero-order chi connectivity index (χ0) is 12.8. The second kappa shape index (κ2) is 4.93. The van der Waals surface area contributed by atoms with Crippen LogP contribution >= 0.6 is 0 Å². The van der Waals surface area contributed by atoms with E-state index < -0.39 is 0 Å². The molecule has 0 aromatic heterocycles. The minimum absolute atomic E-state index is 1.01. The maximum absolute atomic E-state index is 2.59. The highest BCUT2D eigenvalue weighted by Gasteiger charge is 2.60. The van der Waals surface area contributed by atoms with Gasteiger partial charge in [0.2, 0.25) is 0 Å². The zero-order valence-electron chi connectivity index (χ0n) is 12.6. The van der Waals surface area contributed by atoms with Crippen molar-refractivity contribution < 1.29 is 0 Å². The molecule has 0 nitrogen and oxygen atoms in total. The van der Waals surface area contributed by atoms with Crippen molar-refractivity contribution in [3.05, 3.63) is 12.2 Å². The fourth-order valence-electron chi connectivity index (χ4n) is 6.49. The highest BCUT2D eigenvalue weighted by Crippen LogP contribution is 2.67. The van der Waals surface area contributed by atoms with E-state index in [-0.39, 0.29) is 0 Å². The summed E-state index contributed by atoms with van der Waals surface area (Å²) in [6.07, 6.45) is 18.8. The van der Waals surface area contributed by atoms with Crippen LogP contribution in [0.2, 0.25) is 0 Å². The molecule has 4 aliphatic rings. The first-order chi connectivity index (χ1) is 9.38. The summed E-state index contributed by atoms with van der Waals surface area (Å²) in [6, 6.07) is 0. The molecule has 3 saturated carbocycles. The largest absolute Gasteiger partial charge is 0.0848 e. The summed E-state index contributed by atoms with van der Waals surface area (Å²) < 4.78 is 0. The van der Waals surface area contributed by atoms with Crippen LogP contribution in [0.1, 0.15) is 64.7 Å². The lowest BCUT2D eigenvalue weighted by Crippen LogP contribution is -2.30. The second-order valence-corrected chi connectivity index (χ2v) is 7.96. The van der Waals surface area contributed by atoms with Crippen molar-refractivity contribution in [2.75, 3.05) is 0 Å². The van der Waals surface area contributed by atoms with Crippen LogP contribution in [0.4, 0.5) is 0 Å². The third-order valence-electron chi connectivity index (χ3n) is 7.09. The van der Waals surface area contributed by atoms with E-state index in [4.69, 9.17) is 0 Å². The van der Waals surface area contributed by atoms with Gasteiger partial charge in [0.1, 0.15) is 0 Å². The molecule has 0 aromatic carbocycles. The van der Waals surface area contributed by atoms with Crippen molar-refractivity contribution in [2.24, 2.45) is 41.4 Å². The Kier molecular flexibility index (Phi) is 3.24. The molecule has 0 aliphatic heterocycles. The van der Waals surface area contributed by atoms with Gasteiger partial charge >= 0.3 is 0 Å². The highest BCUT2D eigenvalue weighted by atomic mass is 14.6. The first-order valence-corrected chi connectivity index (χ1v) is 9.06. The summed E-state index contributed by atoms with van der Waals surface area (Å²) in [5.41, 5.74) is 0. The van der Waals surface area contributed by atoms with E-state index in [0.29, 0.717) is 0 Å². The molecular formula is C19H30. The van der Waals surface area contributed by atoms with E-state index >= 15 is 0 Å². The molecular weight excluding hydrogens is 228 g/mol. The Hall–Kier alpha value is -0.260. The van der Waals surface area contributed by atoms with Gasteiger partial charge in [-0.25, -0.2) is 0 Å². The monoisotopic (exact) mass is 258 g/mol. The Labute approximate surface area is 119 Å². The van der Waals surface area contributed by atoms with Crippen molar-refractivity contribution in [1.82, 2.24) is 0 Å². The lowest BCUT2D eigenvalue weighted by molar-refractivity contribution is 0.142. The maximum atomic E-state index is 2.59. The molecule has 0 heterocycles. The number of hydrogen-bond donors (Lipinski definition) is 0. The Morgan fingerprint density at radius 3 is 2.47 bits per heavy atom. The molecule has 3 fully saturated rings. The quantitative estimate of drug-likeness (QED) is 0.338. The molecule has 4 rings (SSSR count). The third-order valence-corrected chi connectivity index (χ3v) is 7.09. The lowest BCUT2D eigenvalue weighted by Gasteiger charge is -2.36. The van der Waals surface area contributed by atoms with Gasteiger partial charge in [0.15, 0.2) is 0 Å². The van der Waals surface area contributed by atoms with Crippen molar-refractivity contribution in [3.63, 3.8) is 0 Å². The number of unbranched alkanes of at least 4 members (excludes halogenated alkanes) is 4. The number of hydrogen-bond acceptors (Lipinski definition) is 0. The molecule has 4 aliphatic carbocycles. The van der Waals surface area contributed by atoms with Gasteiger partial charge in [-0.15, -0.1) is 0 Å². The van der Waals surface area contributed by atoms with Gasteiger partial charge in [-0.3, -0.25) is 0 Å². The Morgan fingerprint density at radius 1 is 0.842 bits per heavy atom. The summed E-state index contributed by atoms with van der Waals surface area (Å²) in [7, 11) is 0. The van der Waals surface area contributed by atoms with Crippen LogP contribution in [-0.2, 0) is 0 Å². The van der Waals surface area contributed by atoms with Crippen LogP contribution in [0.3, 0.4) is 0 Å². The first kappa shape index (κ1) is 12.5. The lowest BCUT2D eigenvalue weighted by atomic mass is 9.68. The summed E-state index contributed by atoms with van der Waals surface area (Å²) >= 11 is 0. The van der Waals surface area contributed by atoms with Crippen LogP contribution in [0, 0.1) is 41.4 Å². The van der Waals surface area contributed by atoms with Gasteiger partial charge in [0.05, 0.1) is 0 Å². The van der Waals surface area contributed by atoms with Crippen molar-refractivity contribution >= 4 is 0 Å². The summed E-state index contributed by atoms with van der Waals surface area (Å²) in [5, 5.41) is 0. The van der Waals surface area contributed by atoms with Crippen LogP contribution < -0.4 is 0 Å². The number of allylic oxidation sites excluding steroid dienone is 2. The Bertz CT molecular complexity index is 355. The van der Waals surface area contributed by atoms with Crippen molar-refractivity contribution in [2.45, 2.75) is 64.7 Å². The third kappa shape index (κ3) is 1.93. The molecule has 7 unspecified atom stereocenters. The molecule has 0 aromatic rings. The Morgan fingerprint density at radius 2 is 1.63 bits per heavy atom. The molecule has 0 amide bonds. The maximum Gasteiger partial charge on any atom is -0.0194 e. The van der Waals surface area contributed by atoms with Gasteiger partial charge in [0, 0.05) is 0 Å². The van der Waals surface area contributed by atoms with E-state index in [1.165, 1.54) is 38.5 Å². The molecule has 106 valence electrons. The smallest absolute Gasteiger partial charge is 0.0194 e. The molecule has 0 radical (unpaired) electrons. The van der Waals surface area contributed by atoms with Crippen LogP contribution in [0.25, 0.3) is 0 Å². The highest BCUT2D eigenvalue weighted by molar-refractivity contribution is 5.20. The SMILES string of the molecule is CCCCCCCC1CC2CC1C1C3C=CC(C3)C21. The van der Waals surface area contributed by atoms with E-state index in [1.54, 1.807) is 19.3 Å². The predicted octanol–water partition coefficient (Wildman–Crippen LogP) is 5.44. The first-order valence-electron chi connectivity index (χ1n) is 9.06. The number of fused-ring (bicyclic) bond motifs is 9. The van der Waals surface area contributed by atoms with E-state index in [0.717, 1.165) is 41.4 Å². The van der Waals surface area contributed by atoms with Gasteiger partial charge < -0.3 is 0 Å². The Balaban J connectivity index is 1.32. The number of rotatable bonds is 6. The van der Waals surface area contributed by atoms with Gasteiger partial charge in [-0.2, -0.15) is 0 Å². The minimum atomic E-state index is 1.01. The zero-order valence-corrected chi connectivity index (χ0v) is 12.6. The molecule has 0 N–H and O–H groups in total. The summed E-state index contributed by atoms with van der Waals surface area (Å²) in [5.74, 6) is 7.69. The van der Waals surface area contributed by atoms with Gasteiger partial charge in [-0.1, -0.05) is 57.6 Å². The molecule has 0 spiro atoms. The average molecular weight is 258 g/mol. The summed E-state index contributed by atoms with van der Waals surface area (Å²) in [6.45, 7) is 2.32. The standard InChI is InChI=1S/C19H30/c1-2-3-4-5-6-7-13-10-16-12-17(13)19-15-9-8-14(11-15)18(16)19/h8-9,13-19H,2-7,10-12H2,1H3. The van der Waals surface area contributed by atoms with Crippen molar-refractivity contribution in [1.29, 1.82) is 0 Å². The minimum Gasteiger partial charge on any atom is -0.0848 e. The molecule has 0 saturated heterocycles. The van der Waals surface area contributed by atoms with Gasteiger partial charge in [-0.05, 0) is 60.7 Å². The van der Waals surface area contributed by atoms with E-state index in [2.05, 4.69) is 19.1 Å². The van der Waals surface area contributed by atoms with E-state index in [9.17, 15) is 0 Å². The fraction of sp³-hybridized carbons (Fsp3) is 0.895. The molecule has 19 heavy (non-hydrogen) atoms. The van der Waals surface area contributed by atoms with Gasteiger partial charge in [0.25, 0.3) is 0 Å². The van der Waals surface area contributed by atoms with E-state index in [1.807, 2.05) is 0 Å². The average Bonchev–Trinajstić information content (AvgIpc) is 3.16. The van der Waals surface area contributed by atoms with Crippen LogP contribution in [0.5, 0.6) is 0 Å². The molecule has 0 heteroatoms. The summed E-state index contributed by atoms with van der Waals surface area (Å²) in [4.78, 5) is 0. The second-order valence-electron chi connectivity index (χ2n) is 7.96. The van der Waals surface area contributed by atoms with Crippen LogP contribution in [0.15, 0.2) is 12.2 Å². The van der Waals surface area contributed by atoms with Crippen molar-refractivity contribution in [3.8, 4) is 0 Å². The van der Waals surface area contributed by atoms with Crippen LogP contribution in [-0.4, -0.2) is 0 Å². The predicted molar refractivity (Wildman–Crippen MR) is 80.8 cm³/mol. The molecule has 4 bridgehead atoms. The normalized spacial score (nSPS) is 49.2. The topological polar surface area (TPSA) is 0 Å².